The number of alkyl halides is 3. The van der Waals surface area contributed by atoms with E-state index in [1.54, 1.807) is 18.1 Å². The standard InChI is InChI=1S/C21H19F3N4O/c1-15(17-7-9-19(10-8-17)28-14-25-13-26-28)27(2)20(29)11-6-16-4-3-5-18(12-16)21(22,23)24/h3-15H,1-2H3/b11-6+/t15-/m0/s1. The molecule has 29 heavy (non-hydrogen) atoms. The lowest BCUT2D eigenvalue weighted by Crippen LogP contribution is -2.28. The van der Waals surface area contributed by atoms with Crippen molar-refractivity contribution in [2.75, 3.05) is 7.05 Å². The maximum absolute atomic E-state index is 12.8. The summed E-state index contributed by atoms with van der Waals surface area (Å²) in [6.45, 7) is 1.88. The van der Waals surface area contributed by atoms with Crippen molar-refractivity contribution in [3.05, 3.63) is 84.0 Å². The first kappa shape index (κ1) is 20.3. The Hall–Kier alpha value is -3.42. The van der Waals surface area contributed by atoms with E-state index >= 15 is 0 Å². The molecule has 3 rings (SSSR count). The van der Waals surface area contributed by atoms with Crippen LogP contribution in [0.1, 0.15) is 29.7 Å². The Balaban J connectivity index is 1.68. The van der Waals surface area contributed by atoms with Crippen molar-refractivity contribution in [3.63, 3.8) is 0 Å². The van der Waals surface area contributed by atoms with Gasteiger partial charge in [0.2, 0.25) is 5.91 Å². The maximum Gasteiger partial charge on any atom is 0.416 e. The van der Waals surface area contributed by atoms with Gasteiger partial charge in [-0.2, -0.15) is 18.3 Å². The molecule has 3 aromatic rings. The quantitative estimate of drug-likeness (QED) is 0.592. The van der Waals surface area contributed by atoms with Crippen LogP contribution in [0.25, 0.3) is 11.8 Å². The average molecular weight is 400 g/mol. The molecule has 5 nitrogen and oxygen atoms in total. The molecule has 0 fully saturated rings. The van der Waals surface area contributed by atoms with E-state index in [1.165, 1.54) is 35.5 Å². The van der Waals surface area contributed by atoms with Crippen LogP contribution in [0.4, 0.5) is 13.2 Å². The monoisotopic (exact) mass is 400 g/mol. The van der Waals surface area contributed by atoms with E-state index in [1.807, 2.05) is 31.2 Å². The molecule has 0 unspecified atom stereocenters. The highest BCUT2D eigenvalue weighted by molar-refractivity contribution is 5.91. The molecule has 0 aliphatic rings. The molecule has 1 amide bonds. The maximum atomic E-state index is 12.8. The van der Waals surface area contributed by atoms with Crippen LogP contribution in [0.15, 0.2) is 67.3 Å². The van der Waals surface area contributed by atoms with E-state index in [0.717, 1.165) is 23.4 Å². The van der Waals surface area contributed by atoms with E-state index in [-0.39, 0.29) is 11.9 Å². The molecule has 1 aromatic heterocycles. The van der Waals surface area contributed by atoms with Crippen molar-refractivity contribution >= 4 is 12.0 Å². The van der Waals surface area contributed by atoms with Gasteiger partial charge in [0.05, 0.1) is 17.3 Å². The molecule has 0 spiro atoms. The number of hydrogen-bond acceptors (Lipinski definition) is 3. The largest absolute Gasteiger partial charge is 0.416 e. The lowest BCUT2D eigenvalue weighted by atomic mass is 10.1. The van der Waals surface area contributed by atoms with Crippen molar-refractivity contribution in [1.82, 2.24) is 19.7 Å². The predicted molar refractivity (Wildman–Crippen MR) is 103 cm³/mol. The van der Waals surface area contributed by atoms with E-state index in [2.05, 4.69) is 10.1 Å². The van der Waals surface area contributed by atoms with Crippen LogP contribution in [0.3, 0.4) is 0 Å². The Morgan fingerprint density at radius 3 is 2.52 bits per heavy atom. The van der Waals surface area contributed by atoms with Gasteiger partial charge in [0, 0.05) is 13.1 Å². The molecule has 0 saturated heterocycles. The summed E-state index contributed by atoms with van der Waals surface area (Å²) in [5.74, 6) is -0.310. The van der Waals surface area contributed by atoms with Crippen LogP contribution in [0, 0.1) is 0 Å². The van der Waals surface area contributed by atoms with Crippen LogP contribution in [-0.4, -0.2) is 32.6 Å². The van der Waals surface area contributed by atoms with Crippen LogP contribution >= 0.6 is 0 Å². The summed E-state index contributed by atoms with van der Waals surface area (Å²) in [5.41, 5.74) is 1.32. The average Bonchev–Trinajstić information content (AvgIpc) is 3.25. The van der Waals surface area contributed by atoms with Crippen molar-refractivity contribution in [2.24, 2.45) is 0 Å². The molecule has 1 atom stereocenters. The summed E-state index contributed by atoms with van der Waals surface area (Å²) in [4.78, 5) is 17.9. The Kier molecular flexibility index (Phi) is 5.81. The molecule has 0 aliphatic heterocycles. The number of nitrogens with zero attached hydrogens (tertiary/aromatic N) is 4. The summed E-state index contributed by atoms with van der Waals surface area (Å²) < 4.78 is 40.0. The molecule has 0 N–H and O–H groups in total. The molecule has 150 valence electrons. The number of carbonyl (C=O) groups is 1. The highest BCUT2D eigenvalue weighted by atomic mass is 19.4. The molecule has 8 heteroatoms. The van der Waals surface area contributed by atoms with E-state index in [0.29, 0.717) is 5.56 Å². The van der Waals surface area contributed by atoms with E-state index < -0.39 is 11.7 Å². The van der Waals surface area contributed by atoms with E-state index in [9.17, 15) is 18.0 Å². The molecule has 2 aromatic carbocycles. The van der Waals surface area contributed by atoms with Crippen molar-refractivity contribution in [3.8, 4) is 5.69 Å². The van der Waals surface area contributed by atoms with Crippen LogP contribution < -0.4 is 0 Å². The fraction of sp³-hybridized carbons (Fsp3) is 0.190. The Morgan fingerprint density at radius 2 is 1.90 bits per heavy atom. The van der Waals surface area contributed by atoms with Gasteiger partial charge in [0.1, 0.15) is 12.7 Å². The lowest BCUT2D eigenvalue weighted by molar-refractivity contribution is -0.137. The Morgan fingerprint density at radius 1 is 1.17 bits per heavy atom. The highest BCUT2D eigenvalue weighted by Gasteiger charge is 2.30. The first-order chi connectivity index (χ1) is 13.8. The number of benzene rings is 2. The van der Waals surface area contributed by atoms with Gasteiger partial charge in [-0.15, -0.1) is 0 Å². The third-order valence-corrected chi connectivity index (χ3v) is 4.62. The summed E-state index contributed by atoms with van der Waals surface area (Å²) in [6, 6.07) is 12.1. The van der Waals surface area contributed by atoms with Crippen molar-refractivity contribution in [1.29, 1.82) is 0 Å². The number of aromatic nitrogens is 3. The summed E-state index contributed by atoms with van der Waals surface area (Å²) in [5, 5.41) is 4.06. The Labute approximate surface area is 166 Å². The van der Waals surface area contributed by atoms with E-state index in [4.69, 9.17) is 0 Å². The number of halogens is 3. The number of rotatable bonds is 5. The molecule has 1 heterocycles. The predicted octanol–water partition coefficient (Wildman–Crippen LogP) is 4.52. The third kappa shape index (κ3) is 4.90. The van der Waals surface area contributed by atoms with Crippen LogP contribution in [0.5, 0.6) is 0 Å². The van der Waals surface area contributed by atoms with Crippen molar-refractivity contribution in [2.45, 2.75) is 19.1 Å². The number of likely N-dealkylation sites (N-methyl/N-ethyl adjacent to an activating group) is 1. The molecular formula is C21H19F3N4O. The van der Waals surface area contributed by atoms with Gasteiger partial charge in [-0.05, 0) is 48.4 Å². The highest BCUT2D eigenvalue weighted by Crippen LogP contribution is 2.29. The second-order valence-corrected chi connectivity index (χ2v) is 6.51. The molecule has 0 saturated carbocycles. The second-order valence-electron chi connectivity index (χ2n) is 6.51. The minimum absolute atomic E-state index is 0.224. The minimum atomic E-state index is -4.42. The fourth-order valence-corrected chi connectivity index (χ4v) is 2.77. The van der Waals surface area contributed by atoms with Crippen molar-refractivity contribution < 1.29 is 18.0 Å². The third-order valence-electron chi connectivity index (χ3n) is 4.62. The first-order valence-corrected chi connectivity index (χ1v) is 8.83. The van der Waals surface area contributed by atoms with Crippen LogP contribution in [-0.2, 0) is 11.0 Å². The smallest absolute Gasteiger partial charge is 0.335 e. The Bertz CT molecular complexity index is 996. The number of hydrogen-bond donors (Lipinski definition) is 0. The van der Waals surface area contributed by atoms with Crippen LogP contribution in [0.2, 0.25) is 0 Å². The minimum Gasteiger partial charge on any atom is -0.335 e. The SMILES string of the molecule is C[C@@H](c1ccc(-n2cncn2)cc1)N(C)C(=O)/C=C/c1cccc(C(F)(F)F)c1. The molecule has 0 radical (unpaired) electrons. The summed E-state index contributed by atoms with van der Waals surface area (Å²) >= 11 is 0. The second kappa shape index (κ2) is 8.30. The van der Waals surface area contributed by atoms with Gasteiger partial charge in [-0.25, -0.2) is 9.67 Å². The number of carbonyl (C=O) groups excluding carboxylic acids is 1. The zero-order valence-electron chi connectivity index (χ0n) is 15.8. The van der Waals surface area contributed by atoms with Gasteiger partial charge in [0.25, 0.3) is 0 Å². The summed E-state index contributed by atoms with van der Waals surface area (Å²) in [6.07, 6.45) is 1.27. The summed E-state index contributed by atoms with van der Waals surface area (Å²) in [7, 11) is 1.65. The van der Waals surface area contributed by atoms with Gasteiger partial charge >= 0.3 is 6.18 Å². The topological polar surface area (TPSA) is 51.0 Å². The zero-order chi connectivity index (χ0) is 21.0. The number of amides is 1. The normalized spacial score (nSPS) is 12.9. The van der Waals surface area contributed by atoms with Gasteiger partial charge in [-0.3, -0.25) is 4.79 Å². The fourth-order valence-electron chi connectivity index (χ4n) is 2.77. The van der Waals surface area contributed by atoms with Gasteiger partial charge in [0.15, 0.2) is 0 Å². The van der Waals surface area contributed by atoms with Gasteiger partial charge < -0.3 is 4.90 Å². The molecule has 0 bridgehead atoms. The molecule has 0 aliphatic carbocycles. The lowest BCUT2D eigenvalue weighted by Gasteiger charge is -2.24. The van der Waals surface area contributed by atoms with Gasteiger partial charge in [-0.1, -0.05) is 24.3 Å². The molecular weight excluding hydrogens is 381 g/mol. The zero-order valence-corrected chi connectivity index (χ0v) is 15.8. The first-order valence-electron chi connectivity index (χ1n) is 8.83.